The van der Waals surface area contributed by atoms with E-state index in [9.17, 15) is 9.90 Å². The third-order valence-corrected chi connectivity index (χ3v) is 3.35. The van der Waals surface area contributed by atoms with Gasteiger partial charge >= 0.3 is 5.97 Å². The number of hydrogen-bond donors (Lipinski definition) is 1. The molecule has 0 saturated heterocycles. The molecule has 0 unspecified atom stereocenters. The first kappa shape index (κ1) is 13.7. The van der Waals surface area contributed by atoms with Crippen molar-refractivity contribution in [3.8, 4) is 0 Å². The molecule has 1 saturated carbocycles. The van der Waals surface area contributed by atoms with Crippen LogP contribution >= 0.6 is 0 Å². The van der Waals surface area contributed by atoms with Gasteiger partial charge in [0, 0.05) is 11.3 Å². The van der Waals surface area contributed by atoms with Crippen LogP contribution in [0.25, 0.3) is 0 Å². The zero-order chi connectivity index (χ0) is 15.2. The molecule has 0 aliphatic heterocycles. The van der Waals surface area contributed by atoms with Gasteiger partial charge in [0.1, 0.15) is 6.54 Å². The van der Waals surface area contributed by atoms with E-state index < -0.39 is 11.4 Å². The van der Waals surface area contributed by atoms with E-state index in [1.165, 1.54) is 4.68 Å². The summed E-state index contributed by atoms with van der Waals surface area (Å²) in [5, 5.41) is 20.8. The van der Waals surface area contributed by atoms with E-state index in [1.54, 1.807) is 0 Å². The van der Waals surface area contributed by atoms with Crippen LogP contribution in [-0.4, -0.2) is 36.2 Å². The Kier molecular flexibility index (Phi) is 3.03. The number of nitrogens with zero attached hydrogens (tertiary/aromatic N) is 5. The Morgan fingerprint density at radius 3 is 2.71 bits per heavy atom. The summed E-state index contributed by atoms with van der Waals surface area (Å²) in [6, 6.07) is 0. The molecule has 21 heavy (non-hydrogen) atoms. The van der Waals surface area contributed by atoms with Crippen LogP contribution in [0.5, 0.6) is 0 Å². The molecule has 1 aliphatic rings. The molecule has 1 aliphatic carbocycles. The lowest BCUT2D eigenvalue weighted by atomic mass is 9.90. The summed E-state index contributed by atoms with van der Waals surface area (Å²) in [4.78, 5) is 15.6. The molecule has 0 atom stereocenters. The predicted octanol–water partition coefficient (Wildman–Crippen LogP) is 1.58. The third-order valence-electron chi connectivity index (χ3n) is 3.35. The van der Waals surface area contributed by atoms with Gasteiger partial charge < -0.3 is 9.63 Å². The highest BCUT2D eigenvalue weighted by atomic mass is 16.5. The summed E-state index contributed by atoms with van der Waals surface area (Å²) in [5.74, 6) is 0.446. The highest BCUT2D eigenvalue weighted by Gasteiger charge is 2.31. The third kappa shape index (κ3) is 2.65. The molecule has 0 aromatic carbocycles. The maximum Gasteiger partial charge on any atom is 0.358 e. The largest absolute Gasteiger partial charge is 0.476 e. The lowest BCUT2D eigenvalue weighted by molar-refractivity contribution is 0.0687. The minimum atomic E-state index is -1.09. The van der Waals surface area contributed by atoms with Crippen molar-refractivity contribution in [3.63, 3.8) is 0 Å². The van der Waals surface area contributed by atoms with Crippen LogP contribution < -0.4 is 0 Å². The van der Waals surface area contributed by atoms with Crippen molar-refractivity contribution < 1.29 is 14.4 Å². The normalized spacial score (nSPS) is 15.4. The van der Waals surface area contributed by atoms with E-state index >= 15 is 0 Å². The second kappa shape index (κ2) is 4.64. The molecule has 0 radical (unpaired) electrons. The summed E-state index contributed by atoms with van der Waals surface area (Å²) < 4.78 is 6.73. The number of aromatic carboxylic acids is 1. The van der Waals surface area contributed by atoms with Crippen molar-refractivity contribution in [2.45, 2.75) is 51.5 Å². The van der Waals surface area contributed by atoms with Crippen LogP contribution in [0.4, 0.5) is 0 Å². The van der Waals surface area contributed by atoms with Crippen LogP contribution in [0, 0.1) is 0 Å². The van der Waals surface area contributed by atoms with Crippen LogP contribution in [0.1, 0.15) is 67.4 Å². The van der Waals surface area contributed by atoms with Gasteiger partial charge in [-0.05, 0) is 12.8 Å². The topological polar surface area (TPSA) is 107 Å². The van der Waals surface area contributed by atoms with E-state index in [0.29, 0.717) is 23.3 Å². The van der Waals surface area contributed by atoms with Crippen molar-refractivity contribution in [3.05, 3.63) is 23.1 Å². The Bertz CT molecular complexity index is 678. The van der Waals surface area contributed by atoms with Gasteiger partial charge in [0.25, 0.3) is 0 Å². The number of carbonyl (C=O) groups is 1. The highest BCUT2D eigenvalue weighted by Crippen LogP contribution is 2.38. The van der Waals surface area contributed by atoms with E-state index in [2.05, 4.69) is 20.5 Å². The van der Waals surface area contributed by atoms with Crippen molar-refractivity contribution in [1.82, 2.24) is 25.1 Å². The molecule has 112 valence electrons. The fourth-order valence-corrected chi connectivity index (χ4v) is 2.27. The SMILES string of the molecule is CC(C)(C)c1c(C(=O)O)nnn1Cc1noc(C2CC2)n1. The molecule has 1 fully saturated rings. The smallest absolute Gasteiger partial charge is 0.358 e. The Balaban J connectivity index is 1.92. The fraction of sp³-hybridized carbons (Fsp3) is 0.615. The monoisotopic (exact) mass is 291 g/mol. The van der Waals surface area contributed by atoms with Crippen molar-refractivity contribution >= 4 is 5.97 Å². The molecule has 2 heterocycles. The summed E-state index contributed by atoms with van der Waals surface area (Å²) >= 11 is 0. The summed E-state index contributed by atoms with van der Waals surface area (Å²) in [5.41, 5.74) is 0.112. The van der Waals surface area contributed by atoms with Gasteiger partial charge in [0.2, 0.25) is 5.89 Å². The quantitative estimate of drug-likeness (QED) is 0.911. The summed E-state index contributed by atoms with van der Waals surface area (Å²) in [7, 11) is 0. The van der Waals surface area contributed by atoms with Gasteiger partial charge in [0.15, 0.2) is 11.5 Å². The molecule has 2 aromatic rings. The molecule has 8 heteroatoms. The second-order valence-electron chi connectivity index (χ2n) is 6.32. The first-order valence-electron chi connectivity index (χ1n) is 6.86. The average molecular weight is 291 g/mol. The van der Waals surface area contributed by atoms with Crippen LogP contribution in [0.2, 0.25) is 0 Å². The fourth-order valence-electron chi connectivity index (χ4n) is 2.27. The van der Waals surface area contributed by atoms with Crippen molar-refractivity contribution in [2.24, 2.45) is 0 Å². The maximum absolute atomic E-state index is 11.3. The zero-order valence-electron chi connectivity index (χ0n) is 12.2. The molecule has 8 nitrogen and oxygen atoms in total. The van der Waals surface area contributed by atoms with Crippen molar-refractivity contribution in [2.75, 3.05) is 0 Å². The van der Waals surface area contributed by atoms with E-state index in [4.69, 9.17) is 4.52 Å². The number of carboxylic acid groups (broad SMARTS) is 1. The van der Waals surface area contributed by atoms with Gasteiger partial charge in [-0.3, -0.25) is 0 Å². The highest BCUT2D eigenvalue weighted by molar-refractivity contribution is 5.86. The van der Waals surface area contributed by atoms with Gasteiger partial charge in [-0.15, -0.1) is 5.10 Å². The predicted molar refractivity (Wildman–Crippen MR) is 71.1 cm³/mol. The van der Waals surface area contributed by atoms with Gasteiger partial charge in [-0.25, -0.2) is 9.48 Å². The van der Waals surface area contributed by atoms with Gasteiger partial charge in [0.05, 0.1) is 5.69 Å². The summed E-state index contributed by atoms with van der Waals surface area (Å²) in [6.45, 7) is 6.00. The molecular weight excluding hydrogens is 274 g/mol. The second-order valence-corrected chi connectivity index (χ2v) is 6.32. The number of aromatic nitrogens is 5. The first-order valence-corrected chi connectivity index (χ1v) is 6.86. The first-order chi connectivity index (χ1) is 9.86. The molecule has 0 bridgehead atoms. The molecule has 0 spiro atoms. The van der Waals surface area contributed by atoms with Crippen LogP contribution in [0.15, 0.2) is 4.52 Å². The van der Waals surface area contributed by atoms with E-state index in [0.717, 1.165) is 12.8 Å². The van der Waals surface area contributed by atoms with Gasteiger partial charge in [-0.2, -0.15) is 4.98 Å². The Morgan fingerprint density at radius 2 is 2.14 bits per heavy atom. The Morgan fingerprint density at radius 1 is 1.43 bits per heavy atom. The molecule has 2 aromatic heterocycles. The number of hydrogen-bond acceptors (Lipinski definition) is 6. The van der Waals surface area contributed by atoms with E-state index in [1.807, 2.05) is 20.8 Å². The molecule has 0 amide bonds. The van der Waals surface area contributed by atoms with Crippen LogP contribution in [0.3, 0.4) is 0 Å². The molecular formula is C13H17N5O3. The minimum Gasteiger partial charge on any atom is -0.476 e. The Hall–Kier alpha value is -2.25. The standard InChI is InChI=1S/C13H17N5O3/c1-13(2,3)10-9(12(19)20)15-17-18(10)6-8-14-11(21-16-8)7-4-5-7/h7H,4-6H2,1-3H3,(H,19,20). The van der Waals surface area contributed by atoms with Crippen LogP contribution in [-0.2, 0) is 12.0 Å². The van der Waals surface area contributed by atoms with Gasteiger partial charge in [-0.1, -0.05) is 31.1 Å². The molecule has 3 rings (SSSR count). The minimum absolute atomic E-state index is 0.0339. The van der Waals surface area contributed by atoms with Crippen molar-refractivity contribution in [1.29, 1.82) is 0 Å². The van der Waals surface area contributed by atoms with E-state index in [-0.39, 0.29) is 12.2 Å². The molecule has 1 N–H and O–H groups in total. The number of rotatable bonds is 4. The zero-order valence-corrected chi connectivity index (χ0v) is 12.2. The number of carboxylic acids is 1. The maximum atomic E-state index is 11.3. The lowest BCUT2D eigenvalue weighted by Gasteiger charge is -2.19. The lowest BCUT2D eigenvalue weighted by Crippen LogP contribution is -2.22. The Labute approximate surface area is 121 Å². The average Bonchev–Trinajstić information content (AvgIpc) is 2.96. The summed E-state index contributed by atoms with van der Waals surface area (Å²) in [6.07, 6.45) is 2.17.